The Morgan fingerprint density at radius 2 is 1.83 bits per heavy atom. The number of likely N-dealkylation sites (tertiary alicyclic amines) is 1. The topological polar surface area (TPSA) is 44.6 Å². The van der Waals surface area contributed by atoms with E-state index < -0.39 is 0 Å². The van der Waals surface area contributed by atoms with Gasteiger partial charge in [-0.2, -0.15) is 5.10 Å². The first-order valence-electron chi connectivity index (χ1n) is 10.8. The number of amides is 1. The fourth-order valence-electron chi connectivity index (χ4n) is 4.79. The van der Waals surface area contributed by atoms with Gasteiger partial charge >= 0.3 is 0 Å². The van der Waals surface area contributed by atoms with Crippen LogP contribution in [0.1, 0.15) is 29.8 Å². The van der Waals surface area contributed by atoms with Gasteiger partial charge in [-0.1, -0.05) is 18.2 Å². The Bertz CT molecular complexity index is 853. The molecule has 0 bridgehead atoms. The van der Waals surface area contributed by atoms with E-state index in [4.69, 9.17) is 0 Å². The van der Waals surface area contributed by atoms with Crippen molar-refractivity contribution in [2.24, 2.45) is 0 Å². The second-order valence-corrected chi connectivity index (χ2v) is 8.53. The fourth-order valence-corrected chi connectivity index (χ4v) is 4.79. The van der Waals surface area contributed by atoms with E-state index in [0.717, 1.165) is 57.1 Å². The molecule has 2 fully saturated rings. The number of aryl methyl sites for hydroxylation is 3. The van der Waals surface area contributed by atoms with Crippen LogP contribution in [0, 0.1) is 20.8 Å². The van der Waals surface area contributed by atoms with Crippen LogP contribution >= 0.6 is 0 Å². The number of carbonyl (C=O) groups is 1. The van der Waals surface area contributed by atoms with Gasteiger partial charge in [0.15, 0.2) is 0 Å². The molecule has 29 heavy (non-hydrogen) atoms. The number of anilines is 1. The maximum atomic E-state index is 12.9. The van der Waals surface area contributed by atoms with Gasteiger partial charge in [-0.15, -0.1) is 0 Å². The molecule has 0 unspecified atom stereocenters. The standard InChI is InChI=1S/C23H33N5O/c1-18-7-4-5-9-22(18)26-13-11-25(12-14-26)21-8-6-10-27(16-21)23(29)17-28-20(3)15-19(2)24-28/h4-5,7,9,15,21H,6,8,10-14,16-17H2,1-3H3/t21-/m0/s1. The Kier molecular flexibility index (Phi) is 5.90. The van der Waals surface area contributed by atoms with Gasteiger partial charge < -0.3 is 9.80 Å². The molecule has 3 heterocycles. The van der Waals surface area contributed by atoms with Crippen LogP contribution < -0.4 is 4.90 Å². The number of hydrogen-bond donors (Lipinski definition) is 0. The lowest BCUT2D eigenvalue weighted by Crippen LogP contribution is -2.56. The second kappa shape index (κ2) is 8.57. The molecular weight excluding hydrogens is 362 g/mol. The Hall–Kier alpha value is -2.34. The molecule has 2 aliphatic rings. The van der Waals surface area contributed by atoms with E-state index in [0.29, 0.717) is 12.6 Å². The molecule has 1 aromatic carbocycles. The molecule has 1 atom stereocenters. The van der Waals surface area contributed by atoms with Crippen LogP contribution in [0.3, 0.4) is 0 Å². The summed E-state index contributed by atoms with van der Waals surface area (Å²) in [6.07, 6.45) is 2.28. The number of carbonyl (C=O) groups excluding carboxylic acids is 1. The lowest BCUT2D eigenvalue weighted by Gasteiger charge is -2.44. The molecule has 1 amide bonds. The van der Waals surface area contributed by atoms with E-state index in [1.165, 1.54) is 17.7 Å². The molecule has 2 aromatic rings. The first-order chi connectivity index (χ1) is 14.0. The third kappa shape index (κ3) is 4.47. The zero-order chi connectivity index (χ0) is 20.4. The number of aromatic nitrogens is 2. The summed E-state index contributed by atoms with van der Waals surface area (Å²) in [7, 11) is 0. The highest BCUT2D eigenvalue weighted by molar-refractivity contribution is 5.76. The number of hydrogen-bond acceptors (Lipinski definition) is 4. The molecule has 0 spiro atoms. The molecular formula is C23H33N5O. The van der Waals surface area contributed by atoms with Gasteiger partial charge in [-0.05, 0) is 51.3 Å². The van der Waals surface area contributed by atoms with Gasteiger partial charge in [0, 0.05) is 56.7 Å². The molecule has 2 aliphatic heterocycles. The summed E-state index contributed by atoms with van der Waals surface area (Å²) in [6.45, 7) is 12.5. The van der Waals surface area contributed by atoms with Crippen LogP contribution in [0.15, 0.2) is 30.3 Å². The van der Waals surface area contributed by atoms with Crippen LogP contribution in [0.4, 0.5) is 5.69 Å². The second-order valence-electron chi connectivity index (χ2n) is 8.53. The first-order valence-corrected chi connectivity index (χ1v) is 10.8. The van der Waals surface area contributed by atoms with E-state index in [1.807, 2.05) is 24.6 Å². The summed E-state index contributed by atoms with van der Waals surface area (Å²) in [5, 5.41) is 4.45. The van der Waals surface area contributed by atoms with Crippen LogP contribution in [0.2, 0.25) is 0 Å². The van der Waals surface area contributed by atoms with E-state index in [9.17, 15) is 4.79 Å². The van der Waals surface area contributed by atoms with Crippen molar-refractivity contribution in [2.45, 2.75) is 46.2 Å². The molecule has 4 rings (SSSR count). The predicted molar refractivity (Wildman–Crippen MR) is 116 cm³/mol. The number of para-hydroxylation sites is 1. The monoisotopic (exact) mass is 395 g/mol. The summed E-state index contributed by atoms with van der Waals surface area (Å²) in [6, 6.07) is 11.2. The predicted octanol–water partition coefficient (Wildman–Crippen LogP) is 2.62. The normalized spacial score (nSPS) is 20.9. The van der Waals surface area contributed by atoms with Crippen molar-refractivity contribution in [3.05, 3.63) is 47.3 Å². The van der Waals surface area contributed by atoms with Crippen molar-refractivity contribution in [2.75, 3.05) is 44.2 Å². The van der Waals surface area contributed by atoms with Crippen LogP contribution in [-0.4, -0.2) is 70.8 Å². The maximum absolute atomic E-state index is 12.9. The number of piperidine rings is 1. The third-order valence-corrected chi connectivity index (χ3v) is 6.42. The Morgan fingerprint density at radius 1 is 1.07 bits per heavy atom. The zero-order valence-electron chi connectivity index (χ0n) is 18.0. The van der Waals surface area contributed by atoms with Crippen molar-refractivity contribution < 1.29 is 4.79 Å². The molecule has 2 saturated heterocycles. The summed E-state index contributed by atoms with van der Waals surface area (Å²) in [5.41, 5.74) is 4.73. The molecule has 6 heteroatoms. The van der Waals surface area contributed by atoms with Gasteiger partial charge in [0.2, 0.25) is 5.91 Å². The summed E-state index contributed by atoms with van der Waals surface area (Å²) < 4.78 is 1.84. The van der Waals surface area contributed by atoms with Gasteiger partial charge in [0.25, 0.3) is 0 Å². The highest BCUT2D eigenvalue weighted by atomic mass is 16.2. The number of benzene rings is 1. The van der Waals surface area contributed by atoms with Crippen LogP contribution in [0.5, 0.6) is 0 Å². The number of rotatable bonds is 4. The third-order valence-electron chi connectivity index (χ3n) is 6.42. The smallest absolute Gasteiger partial charge is 0.244 e. The van der Waals surface area contributed by atoms with Crippen molar-refractivity contribution in [3.63, 3.8) is 0 Å². The minimum Gasteiger partial charge on any atom is -0.369 e. The van der Waals surface area contributed by atoms with E-state index >= 15 is 0 Å². The van der Waals surface area contributed by atoms with E-state index in [1.54, 1.807) is 0 Å². The molecule has 156 valence electrons. The maximum Gasteiger partial charge on any atom is 0.244 e. The zero-order valence-corrected chi connectivity index (χ0v) is 18.0. The number of piperazine rings is 1. The van der Waals surface area contributed by atoms with E-state index in [2.05, 4.69) is 51.0 Å². The van der Waals surface area contributed by atoms with Gasteiger partial charge in [-0.25, -0.2) is 0 Å². The average Bonchev–Trinajstić information content (AvgIpc) is 3.05. The first kappa shape index (κ1) is 20.0. The Morgan fingerprint density at radius 3 is 2.52 bits per heavy atom. The van der Waals surface area contributed by atoms with Gasteiger partial charge in [-0.3, -0.25) is 14.4 Å². The highest BCUT2D eigenvalue weighted by Gasteiger charge is 2.30. The summed E-state index contributed by atoms with van der Waals surface area (Å²) in [5.74, 6) is 0.194. The highest BCUT2D eigenvalue weighted by Crippen LogP contribution is 2.23. The minimum atomic E-state index is 0.194. The lowest BCUT2D eigenvalue weighted by molar-refractivity contribution is -0.134. The SMILES string of the molecule is Cc1cc(C)n(CC(=O)N2CCC[C@H](N3CCN(c4ccccc4C)CC3)C2)n1. The van der Waals surface area contributed by atoms with E-state index in [-0.39, 0.29) is 5.91 Å². The van der Waals surface area contributed by atoms with Crippen molar-refractivity contribution in [1.82, 2.24) is 19.6 Å². The fraction of sp³-hybridized carbons (Fsp3) is 0.565. The number of nitrogens with zero attached hydrogens (tertiary/aromatic N) is 5. The molecule has 0 aliphatic carbocycles. The molecule has 1 aromatic heterocycles. The van der Waals surface area contributed by atoms with Crippen molar-refractivity contribution >= 4 is 11.6 Å². The Balaban J connectivity index is 1.32. The summed E-state index contributed by atoms with van der Waals surface area (Å²) >= 11 is 0. The van der Waals surface area contributed by atoms with Gasteiger partial charge in [0.1, 0.15) is 6.54 Å². The average molecular weight is 396 g/mol. The van der Waals surface area contributed by atoms with Crippen LogP contribution in [-0.2, 0) is 11.3 Å². The molecule has 0 radical (unpaired) electrons. The lowest BCUT2D eigenvalue weighted by atomic mass is 10.0. The van der Waals surface area contributed by atoms with Crippen molar-refractivity contribution in [1.29, 1.82) is 0 Å². The molecule has 0 saturated carbocycles. The summed E-state index contributed by atoms with van der Waals surface area (Å²) in [4.78, 5) is 20.0. The Labute approximate surface area is 174 Å². The minimum absolute atomic E-state index is 0.194. The quantitative estimate of drug-likeness (QED) is 0.798. The molecule has 0 N–H and O–H groups in total. The molecule has 6 nitrogen and oxygen atoms in total. The van der Waals surface area contributed by atoms with Gasteiger partial charge in [0.05, 0.1) is 5.69 Å². The largest absolute Gasteiger partial charge is 0.369 e. The van der Waals surface area contributed by atoms with Crippen molar-refractivity contribution in [3.8, 4) is 0 Å². The van der Waals surface area contributed by atoms with Crippen LogP contribution in [0.25, 0.3) is 0 Å².